The van der Waals surface area contributed by atoms with Crippen LogP contribution in [0.15, 0.2) is 18.2 Å². The van der Waals surface area contributed by atoms with Gasteiger partial charge in [-0.15, -0.1) is 0 Å². The Hall–Kier alpha value is -1.09. The largest absolute Gasteiger partial charge is 0.371 e. The molecule has 0 radical (unpaired) electrons. The molecule has 0 unspecified atom stereocenters. The molecule has 0 aromatic heterocycles. The third-order valence-electron chi connectivity index (χ3n) is 4.24. The van der Waals surface area contributed by atoms with Gasteiger partial charge in [-0.3, -0.25) is 0 Å². The van der Waals surface area contributed by atoms with Crippen molar-refractivity contribution in [1.29, 1.82) is 0 Å². The van der Waals surface area contributed by atoms with E-state index < -0.39 is 0 Å². The summed E-state index contributed by atoms with van der Waals surface area (Å²) >= 11 is 0. The van der Waals surface area contributed by atoms with Gasteiger partial charge in [-0.05, 0) is 30.4 Å². The summed E-state index contributed by atoms with van der Waals surface area (Å²) < 4.78 is 14.1. The molecule has 0 saturated carbocycles. The zero-order chi connectivity index (χ0) is 14.8. The number of nitrogens with zero attached hydrogens (tertiary/aromatic N) is 1. The molecule has 1 aromatic rings. The second kappa shape index (κ2) is 6.13. The summed E-state index contributed by atoms with van der Waals surface area (Å²) in [4.78, 5) is 2.34. The van der Waals surface area contributed by atoms with E-state index >= 15 is 0 Å². The summed E-state index contributed by atoms with van der Waals surface area (Å²) in [5.74, 6) is -0.0968. The number of hydrogen-bond acceptors (Lipinski definition) is 2. The molecule has 2 rings (SSSR count). The van der Waals surface area contributed by atoms with Crippen LogP contribution in [0.1, 0.15) is 46.1 Å². The molecule has 112 valence electrons. The van der Waals surface area contributed by atoms with Crippen LogP contribution in [-0.2, 0) is 6.54 Å². The van der Waals surface area contributed by atoms with Crippen LogP contribution in [0, 0.1) is 11.2 Å². The number of anilines is 1. The van der Waals surface area contributed by atoms with Crippen LogP contribution < -0.4 is 10.2 Å². The van der Waals surface area contributed by atoms with E-state index in [2.05, 4.69) is 44.0 Å². The van der Waals surface area contributed by atoms with Crippen LogP contribution >= 0.6 is 0 Å². The molecule has 20 heavy (non-hydrogen) atoms. The van der Waals surface area contributed by atoms with Gasteiger partial charge in [0.05, 0.1) is 0 Å². The molecule has 2 nitrogen and oxygen atoms in total. The predicted octanol–water partition coefficient (Wildman–Crippen LogP) is 3.95. The second-order valence-corrected chi connectivity index (χ2v) is 6.92. The quantitative estimate of drug-likeness (QED) is 0.897. The number of halogens is 1. The van der Waals surface area contributed by atoms with Gasteiger partial charge in [0.15, 0.2) is 0 Å². The molecule has 0 amide bonds. The minimum atomic E-state index is -0.0968. The summed E-state index contributed by atoms with van der Waals surface area (Å²) in [6.07, 6.45) is 2.33. The molecule has 1 aliphatic heterocycles. The molecule has 0 atom stereocenters. The fourth-order valence-electron chi connectivity index (χ4n) is 2.68. The Morgan fingerprint density at radius 2 is 1.90 bits per heavy atom. The summed E-state index contributed by atoms with van der Waals surface area (Å²) in [5.41, 5.74) is 2.29. The lowest BCUT2D eigenvalue weighted by molar-refractivity contribution is 0.279. The Morgan fingerprint density at radius 1 is 1.25 bits per heavy atom. The van der Waals surface area contributed by atoms with Crippen molar-refractivity contribution in [1.82, 2.24) is 5.32 Å². The van der Waals surface area contributed by atoms with Crippen molar-refractivity contribution in [3.05, 3.63) is 29.6 Å². The van der Waals surface area contributed by atoms with Crippen molar-refractivity contribution in [2.24, 2.45) is 5.41 Å². The van der Waals surface area contributed by atoms with Crippen LogP contribution in [0.25, 0.3) is 0 Å². The average molecular weight is 278 g/mol. The number of piperidine rings is 1. The van der Waals surface area contributed by atoms with E-state index in [9.17, 15) is 4.39 Å². The Morgan fingerprint density at radius 3 is 2.50 bits per heavy atom. The van der Waals surface area contributed by atoms with Crippen molar-refractivity contribution in [3.63, 3.8) is 0 Å². The molecule has 0 spiro atoms. The molecule has 0 aliphatic carbocycles. The Labute approximate surface area is 122 Å². The molecule has 1 N–H and O–H groups in total. The predicted molar refractivity (Wildman–Crippen MR) is 83.6 cm³/mol. The van der Waals surface area contributed by atoms with Gasteiger partial charge in [0.1, 0.15) is 5.82 Å². The summed E-state index contributed by atoms with van der Waals surface area (Å²) in [5, 5.41) is 3.33. The molecule has 1 heterocycles. The average Bonchev–Trinajstić information content (AvgIpc) is 2.37. The molecule has 1 saturated heterocycles. The maximum atomic E-state index is 14.1. The molecular formula is C17H27FN2. The Bertz CT molecular complexity index is 444. The first-order chi connectivity index (χ1) is 9.39. The smallest absolute Gasteiger partial charge is 0.129 e. The van der Waals surface area contributed by atoms with Gasteiger partial charge in [-0.2, -0.15) is 0 Å². The van der Waals surface area contributed by atoms with E-state index in [4.69, 9.17) is 0 Å². The molecule has 1 aliphatic rings. The van der Waals surface area contributed by atoms with Gasteiger partial charge in [0, 0.05) is 36.9 Å². The van der Waals surface area contributed by atoms with Crippen molar-refractivity contribution in [3.8, 4) is 0 Å². The molecule has 3 heteroatoms. The minimum Gasteiger partial charge on any atom is -0.371 e. The number of rotatable bonds is 4. The lowest BCUT2D eigenvalue weighted by atomic mass is 9.82. The van der Waals surface area contributed by atoms with Crippen molar-refractivity contribution < 1.29 is 4.39 Å². The fourth-order valence-corrected chi connectivity index (χ4v) is 2.68. The van der Waals surface area contributed by atoms with E-state index in [0.29, 0.717) is 18.0 Å². The molecule has 0 bridgehead atoms. The molecular weight excluding hydrogens is 251 g/mol. The van der Waals surface area contributed by atoms with Crippen molar-refractivity contribution in [2.75, 3.05) is 18.0 Å². The second-order valence-electron chi connectivity index (χ2n) is 6.92. The maximum absolute atomic E-state index is 14.1. The Balaban J connectivity index is 2.17. The number of hydrogen-bond donors (Lipinski definition) is 1. The maximum Gasteiger partial charge on any atom is 0.129 e. The van der Waals surface area contributed by atoms with Crippen LogP contribution in [0.5, 0.6) is 0 Å². The van der Waals surface area contributed by atoms with Crippen molar-refractivity contribution >= 4 is 5.69 Å². The van der Waals surface area contributed by atoms with Gasteiger partial charge in [-0.1, -0.05) is 33.8 Å². The summed E-state index contributed by atoms with van der Waals surface area (Å²) in [6.45, 7) is 11.4. The van der Waals surface area contributed by atoms with Crippen LogP contribution in [0.3, 0.4) is 0 Å². The summed E-state index contributed by atoms with van der Waals surface area (Å²) in [6, 6.07) is 5.80. The molecule has 1 fully saturated rings. The van der Waals surface area contributed by atoms with Crippen LogP contribution in [-0.4, -0.2) is 19.1 Å². The third kappa shape index (κ3) is 3.72. The van der Waals surface area contributed by atoms with Gasteiger partial charge in [-0.25, -0.2) is 4.39 Å². The van der Waals surface area contributed by atoms with E-state index in [-0.39, 0.29) is 5.82 Å². The summed E-state index contributed by atoms with van der Waals surface area (Å²) in [7, 11) is 0. The highest BCUT2D eigenvalue weighted by Gasteiger charge is 2.26. The lowest BCUT2D eigenvalue weighted by Gasteiger charge is -2.39. The highest BCUT2D eigenvalue weighted by Crippen LogP contribution is 2.34. The monoisotopic (exact) mass is 278 g/mol. The first kappa shape index (κ1) is 15.3. The zero-order valence-electron chi connectivity index (χ0n) is 13.2. The van der Waals surface area contributed by atoms with E-state index in [1.807, 2.05) is 6.07 Å². The van der Waals surface area contributed by atoms with E-state index in [0.717, 1.165) is 24.3 Å². The standard InChI is InChI=1S/C17H27FN2/c1-13(2)19-12-14-15(18)6-5-7-16(14)20-10-8-17(3,4)9-11-20/h5-7,13,19H,8-12H2,1-4H3. The molecule has 1 aromatic carbocycles. The number of benzene rings is 1. The highest BCUT2D eigenvalue weighted by molar-refractivity contribution is 5.54. The Kier molecular flexibility index (Phi) is 4.69. The minimum absolute atomic E-state index is 0.0968. The van der Waals surface area contributed by atoms with Gasteiger partial charge in [0.25, 0.3) is 0 Å². The number of nitrogens with one attached hydrogen (secondary N) is 1. The van der Waals surface area contributed by atoms with Crippen LogP contribution in [0.4, 0.5) is 10.1 Å². The third-order valence-corrected chi connectivity index (χ3v) is 4.24. The first-order valence-corrected chi connectivity index (χ1v) is 7.65. The van der Waals surface area contributed by atoms with Crippen LogP contribution in [0.2, 0.25) is 0 Å². The van der Waals surface area contributed by atoms with Crippen molar-refractivity contribution in [2.45, 2.75) is 53.1 Å². The van der Waals surface area contributed by atoms with Gasteiger partial charge < -0.3 is 10.2 Å². The highest BCUT2D eigenvalue weighted by atomic mass is 19.1. The normalized spacial score (nSPS) is 18.6. The van der Waals surface area contributed by atoms with E-state index in [1.165, 1.54) is 12.8 Å². The SMILES string of the molecule is CC(C)NCc1c(F)cccc1N1CCC(C)(C)CC1. The first-order valence-electron chi connectivity index (χ1n) is 7.65. The van der Waals surface area contributed by atoms with E-state index in [1.54, 1.807) is 6.07 Å². The fraction of sp³-hybridized carbons (Fsp3) is 0.647. The van der Waals surface area contributed by atoms with Gasteiger partial charge in [0.2, 0.25) is 0 Å². The zero-order valence-corrected chi connectivity index (χ0v) is 13.2. The lowest BCUT2D eigenvalue weighted by Crippen LogP contribution is -2.38. The van der Waals surface area contributed by atoms with Gasteiger partial charge >= 0.3 is 0 Å². The topological polar surface area (TPSA) is 15.3 Å².